The number of carboxylic acid groups (broad SMARTS) is 1. The van der Waals surface area contributed by atoms with E-state index in [-0.39, 0.29) is 16.0 Å². The van der Waals surface area contributed by atoms with Crippen LogP contribution in [0.4, 0.5) is 4.39 Å². The van der Waals surface area contributed by atoms with Gasteiger partial charge in [-0.05, 0) is 55.3 Å². The van der Waals surface area contributed by atoms with Gasteiger partial charge in [0.1, 0.15) is 11.6 Å². The molecule has 3 rings (SSSR count). The highest BCUT2D eigenvalue weighted by atomic mass is 35.5. The number of carbonyl (C=O) groups is 1. The third-order valence-corrected chi connectivity index (χ3v) is 4.42. The second-order valence-corrected chi connectivity index (χ2v) is 6.12. The van der Waals surface area contributed by atoms with Crippen LogP contribution in [0.5, 0.6) is 5.75 Å². The number of hydrogen-bond acceptors (Lipinski definition) is 3. The van der Waals surface area contributed by atoms with Crippen LogP contribution in [-0.2, 0) is 6.42 Å². The third-order valence-electron chi connectivity index (χ3n) is 4.13. The Hall–Kier alpha value is -2.66. The van der Waals surface area contributed by atoms with Crippen LogP contribution in [0.3, 0.4) is 0 Å². The first kappa shape index (κ1) is 18.1. The monoisotopic (exact) mass is 373 g/mol. The van der Waals surface area contributed by atoms with E-state index in [9.17, 15) is 14.3 Å². The van der Waals surface area contributed by atoms with Gasteiger partial charge in [0.25, 0.3) is 0 Å². The van der Waals surface area contributed by atoms with Crippen molar-refractivity contribution in [2.75, 3.05) is 6.61 Å². The first-order valence-corrected chi connectivity index (χ1v) is 8.62. The number of nitrogens with zero attached hydrogens (tertiary/aromatic N) is 1. The minimum absolute atomic E-state index is 0.0527. The topological polar surface area (TPSA) is 59.4 Å². The summed E-state index contributed by atoms with van der Waals surface area (Å²) in [5.74, 6) is -1.07. The molecule has 1 heterocycles. The van der Waals surface area contributed by atoms with E-state index in [4.69, 9.17) is 16.3 Å². The zero-order valence-corrected chi connectivity index (χ0v) is 15.1. The lowest BCUT2D eigenvalue weighted by Gasteiger charge is -2.15. The summed E-state index contributed by atoms with van der Waals surface area (Å²) in [6, 6.07) is 9.76. The van der Waals surface area contributed by atoms with Gasteiger partial charge in [0, 0.05) is 10.9 Å². The molecule has 3 aromatic rings. The molecule has 0 aliphatic heterocycles. The van der Waals surface area contributed by atoms with Crippen molar-refractivity contribution in [3.63, 3.8) is 0 Å². The van der Waals surface area contributed by atoms with Gasteiger partial charge in [-0.15, -0.1) is 0 Å². The Kier molecular flexibility index (Phi) is 5.09. The van der Waals surface area contributed by atoms with Crippen LogP contribution in [0.2, 0.25) is 5.02 Å². The van der Waals surface area contributed by atoms with Crippen LogP contribution in [-0.4, -0.2) is 22.7 Å². The number of rotatable bonds is 5. The summed E-state index contributed by atoms with van der Waals surface area (Å²) < 4.78 is 19.3. The molecule has 0 saturated heterocycles. The van der Waals surface area contributed by atoms with E-state index in [2.05, 4.69) is 4.98 Å². The van der Waals surface area contributed by atoms with Gasteiger partial charge in [-0.1, -0.05) is 18.5 Å². The molecule has 1 N–H and O–H groups in total. The van der Waals surface area contributed by atoms with Crippen molar-refractivity contribution in [1.29, 1.82) is 0 Å². The number of aromatic carboxylic acids is 1. The van der Waals surface area contributed by atoms with Gasteiger partial charge in [-0.25, -0.2) is 14.2 Å². The van der Waals surface area contributed by atoms with Crippen molar-refractivity contribution in [2.24, 2.45) is 0 Å². The molecule has 26 heavy (non-hydrogen) atoms. The van der Waals surface area contributed by atoms with Gasteiger partial charge < -0.3 is 9.84 Å². The van der Waals surface area contributed by atoms with Crippen LogP contribution in [0.25, 0.3) is 22.2 Å². The lowest BCUT2D eigenvalue weighted by atomic mass is 9.95. The lowest BCUT2D eigenvalue weighted by molar-refractivity contribution is 0.0698. The van der Waals surface area contributed by atoms with Gasteiger partial charge in [0.2, 0.25) is 0 Å². The van der Waals surface area contributed by atoms with E-state index >= 15 is 0 Å². The predicted octanol–water partition coefficient (Wildman–Crippen LogP) is 5.35. The lowest BCUT2D eigenvalue weighted by Crippen LogP contribution is -2.07. The van der Waals surface area contributed by atoms with Crippen molar-refractivity contribution in [3.05, 3.63) is 58.4 Å². The molecule has 0 radical (unpaired) electrons. The average molecular weight is 374 g/mol. The van der Waals surface area contributed by atoms with Gasteiger partial charge in [-0.2, -0.15) is 0 Å². The first-order valence-electron chi connectivity index (χ1n) is 8.24. The Labute approximate surface area is 155 Å². The molecule has 6 heteroatoms. The molecule has 0 spiro atoms. The van der Waals surface area contributed by atoms with Crippen molar-refractivity contribution in [3.8, 4) is 17.0 Å². The van der Waals surface area contributed by atoms with E-state index < -0.39 is 11.8 Å². The summed E-state index contributed by atoms with van der Waals surface area (Å²) in [5, 5.41) is 9.88. The zero-order chi connectivity index (χ0) is 18.8. The average Bonchev–Trinajstić information content (AvgIpc) is 2.62. The van der Waals surface area contributed by atoms with Crippen LogP contribution >= 0.6 is 11.6 Å². The molecule has 0 atom stereocenters. The second-order valence-electron chi connectivity index (χ2n) is 5.71. The minimum Gasteiger partial charge on any atom is -0.494 e. The molecule has 2 aromatic carbocycles. The summed E-state index contributed by atoms with van der Waals surface area (Å²) in [4.78, 5) is 16.5. The van der Waals surface area contributed by atoms with Crippen LogP contribution in [0.15, 0.2) is 36.4 Å². The summed E-state index contributed by atoms with van der Waals surface area (Å²) >= 11 is 5.87. The molecule has 4 nitrogen and oxygen atoms in total. The number of aromatic nitrogens is 1. The summed E-state index contributed by atoms with van der Waals surface area (Å²) in [6.45, 7) is 4.30. The van der Waals surface area contributed by atoms with Gasteiger partial charge in [-0.3, -0.25) is 0 Å². The minimum atomic E-state index is -1.12. The number of hydrogen-bond donors (Lipinski definition) is 1. The molecule has 0 bridgehead atoms. The summed E-state index contributed by atoms with van der Waals surface area (Å²) in [6.07, 6.45) is 0.442. The molecule has 0 unspecified atom stereocenters. The Morgan fingerprint density at radius 1 is 1.23 bits per heavy atom. The number of pyridine rings is 1. The molecule has 0 aliphatic rings. The van der Waals surface area contributed by atoms with Crippen LogP contribution in [0, 0.1) is 5.82 Å². The third kappa shape index (κ3) is 3.22. The quantitative estimate of drug-likeness (QED) is 0.654. The molecule has 0 aliphatic carbocycles. The molecule has 0 amide bonds. The maximum absolute atomic E-state index is 13.9. The van der Waals surface area contributed by atoms with Gasteiger partial charge in [0.15, 0.2) is 0 Å². The standard InChI is InChI=1S/C20H17ClFNO3/c1-3-13-18(20(24)25)14-9-16(22)15(21)10-17(14)23-19(13)11-5-7-12(8-6-11)26-4-2/h5-10H,3-4H2,1-2H3,(H,24,25). The van der Waals surface area contributed by atoms with Crippen molar-refractivity contribution in [2.45, 2.75) is 20.3 Å². The largest absolute Gasteiger partial charge is 0.494 e. The summed E-state index contributed by atoms with van der Waals surface area (Å²) in [7, 11) is 0. The van der Waals surface area contributed by atoms with Crippen molar-refractivity contribution in [1.82, 2.24) is 4.98 Å². The van der Waals surface area contributed by atoms with E-state index in [0.29, 0.717) is 29.8 Å². The van der Waals surface area contributed by atoms with E-state index in [0.717, 1.165) is 17.4 Å². The summed E-state index contributed by atoms with van der Waals surface area (Å²) in [5.41, 5.74) is 2.25. The second kappa shape index (κ2) is 7.30. The van der Waals surface area contributed by atoms with Crippen molar-refractivity contribution < 1.29 is 19.0 Å². The maximum Gasteiger partial charge on any atom is 0.336 e. The Bertz CT molecular complexity index is 987. The fourth-order valence-corrected chi connectivity index (χ4v) is 3.16. The van der Waals surface area contributed by atoms with E-state index in [1.807, 2.05) is 38.1 Å². The van der Waals surface area contributed by atoms with E-state index in [1.54, 1.807) is 0 Å². The molecule has 1 aromatic heterocycles. The predicted molar refractivity (Wildman–Crippen MR) is 99.7 cm³/mol. The maximum atomic E-state index is 13.9. The molecule has 134 valence electrons. The van der Waals surface area contributed by atoms with Crippen LogP contribution < -0.4 is 4.74 Å². The van der Waals surface area contributed by atoms with Crippen LogP contribution in [0.1, 0.15) is 29.8 Å². The smallest absolute Gasteiger partial charge is 0.336 e. The number of carboxylic acids is 1. The number of ether oxygens (including phenoxy) is 1. The highest BCUT2D eigenvalue weighted by Crippen LogP contribution is 2.33. The van der Waals surface area contributed by atoms with Gasteiger partial charge in [0.05, 0.1) is 28.4 Å². The van der Waals surface area contributed by atoms with Crippen molar-refractivity contribution >= 4 is 28.5 Å². The fraction of sp³-hybridized carbons (Fsp3) is 0.200. The highest BCUT2D eigenvalue weighted by molar-refractivity contribution is 6.31. The Morgan fingerprint density at radius 2 is 1.92 bits per heavy atom. The fourth-order valence-electron chi connectivity index (χ4n) is 3.00. The Morgan fingerprint density at radius 3 is 2.50 bits per heavy atom. The molecule has 0 fully saturated rings. The number of halogens is 2. The normalized spacial score (nSPS) is 10.9. The first-order chi connectivity index (χ1) is 12.5. The molecule has 0 saturated carbocycles. The number of benzene rings is 2. The Balaban J connectivity index is 2.30. The zero-order valence-electron chi connectivity index (χ0n) is 14.3. The molecular formula is C20H17ClFNO3. The highest BCUT2D eigenvalue weighted by Gasteiger charge is 2.21. The number of fused-ring (bicyclic) bond motifs is 1. The van der Waals surface area contributed by atoms with Gasteiger partial charge >= 0.3 is 5.97 Å². The molecular weight excluding hydrogens is 357 g/mol. The SMILES string of the molecule is CCOc1ccc(-c2nc3cc(Cl)c(F)cc3c(C(=O)O)c2CC)cc1. The van der Waals surface area contributed by atoms with E-state index in [1.165, 1.54) is 6.07 Å².